The van der Waals surface area contributed by atoms with Gasteiger partial charge in [0.2, 0.25) is 0 Å². The van der Waals surface area contributed by atoms with E-state index in [2.05, 4.69) is 31.8 Å². The third-order valence-corrected chi connectivity index (χ3v) is 6.16. The minimum atomic E-state index is -0.537. The molecule has 0 aliphatic heterocycles. The topological polar surface area (TPSA) is 132 Å². The van der Waals surface area contributed by atoms with Gasteiger partial charge in [-0.3, -0.25) is 14.4 Å². The van der Waals surface area contributed by atoms with E-state index in [1.165, 1.54) is 44.5 Å². The van der Waals surface area contributed by atoms with Gasteiger partial charge in [-0.15, -0.1) is 0 Å². The second-order valence-corrected chi connectivity index (χ2v) is 9.54. The highest BCUT2D eigenvalue weighted by Crippen LogP contribution is 2.28. The van der Waals surface area contributed by atoms with Gasteiger partial charge < -0.3 is 19.5 Å². The second kappa shape index (κ2) is 13.9. The molecule has 4 aromatic rings. The van der Waals surface area contributed by atoms with Crippen LogP contribution in [-0.4, -0.2) is 37.1 Å². The number of carbonyl (C=O) groups excluding carboxylic acids is 4. The van der Waals surface area contributed by atoms with Gasteiger partial charge in [-0.2, -0.15) is 5.10 Å². The van der Waals surface area contributed by atoms with Crippen LogP contribution in [-0.2, 0) is 4.79 Å². The summed E-state index contributed by atoms with van der Waals surface area (Å²) < 4.78 is 16.6. The number of para-hydroxylation sites is 1. The number of rotatable bonds is 9. The van der Waals surface area contributed by atoms with Crippen molar-refractivity contribution in [2.45, 2.75) is 6.92 Å². The first-order valence-electron chi connectivity index (χ1n) is 12.4. The Bertz CT molecular complexity index is 1670. The highest BCUT2D eigenvalue weighted by atomic mass is 79.9. The van der Waals surface area contributed by atoms with Crippen LogP contribution in [0.5, 0.6) is 17.2 Å². The molecule has 0 aromatic heterocycles. The molecule has 212 valence electrons. The van der Waals surface area contributed by atoms with Crippen molar-refractivity contribution in [2.24, 2.45) is 5.10 Å². The van der Waals surface area contributed by atoms with Crippen LogP contribution in [0, 0.1) is 0 Å². The minimum Gasteiger partial charge on any atom is -0.493 e. The molecule has 2 N–H and O–H groups in total. The zero-order valence-corrected chi connectivity index (χ0v) is 24.0. The maximum Gasteiger partial charge on any atom is 0.343 e. The van der Waals surface area contributed by atoms with Crippen LogP contribution in [0.2, 0.25) is 0 Å². The van der Waals surface area contributed by atoms with Gasteiger partial charge in [-0.25, -0.2) is 10.2 Å². The van der Waals surface area contributed by atoms with E-state index in [4.69, 9.17) is 14.2 Å². The number of ether oxygens (including phenoxy) is 3. The van der Waals surface area contributed by atoms with Crippen LogP contribution in [0.1, 0.15) is 43.6 Å². The quantitative estimate of drug-likeness (QED) is 0.106. The Kier molecular flexibility index (Phi) is 9.80. The smallest absolute Gasteiger partial charge is 0.343 e. The summed E-state index contributed by atoms with van der Waals surface area (Å²) in [4.78, 5) is 49.3. The Labute approximate surface area is 249 Å². The largest absolute Gasteiger partial charge is 0.493 e. The van der Waals surface area contributed by atoms with Crippen molar-refractivity contribution in [2.75, 3.05) is 12.4 Å². The van der Waals surface area contributed by atoms with Crippen molar-refractivity contribution in [1.82, 2.24) is 5.43 Å². The Balaban J connectivity index is 1.40. The average Bonchev–Trinajstić information content (AvgIpc) is 2.98. The number of benzene rings is 4. The van der Waals surface area contributed by atoms with E-state index in [1.54, 1.807) is 66.7 Å². The van der Waals surface area contributed by atoms with Gasteiger partial charge in [0.05, 0.1) is 18.9 Å². The summed E-state index contributed by atoms with van der Waals surface area (Å²) in [6, 6.07) is 24.2. The monoisotopic (exact) mass is 629 g/mol. The zero-order valence-electron chi connectivity index (χ0n) is 22.4. The van der Waals surface area contributed by atoms with E-state index in [-0.39, 0.29) is 28.4 Å². The summed E-state index contributed by atoms with van der Waals surface area (Å²) in [7, 11) is 1.39. The molecular formula is C31H24BrN3O7. The number of amides is 2. The first-order chi connectivity index (χ1) is 20.2. The summed E-state index contributed by atoms with van der Waals surface area (Å²) in [5.41, 5.74) is 4.13. The lowest BCUT2D eigenvalue weighted by Crippen LogP contribution is -2.18. The van der Waals surface area contributed by atoms with Crippen LogP contribution < -0.4 is 25.0 Å². The van der Waals surface area contributed by atoms with Crippen molar-refractivity contribution in [3.8, 4) is 17.2 Å². The van der Waals surface area contributed by atoms with Crippen molar-refractivity contribution in [3.63, 3.8) is 0 Å². The maximum absolute atomic E-state index is 12.8. The number of methoxy groups -OCH3 is 1. The predicted molar refractivity (Wildman–Crippen MR) is 159 cm³/mol. The SMILES string of the molecule is COc1cc(C(=O)Nc2cccc(C(=O)NN=Cc3ccccc3OC(=O)c3ccc(Br)cc3)c2)ccc1OC(C)=O. The lowest BCUT2D eigenvalue weighted by atomic mass is 10.1. The molecule has 0 aliphatic rings. The Morgan fingerprint density at radius 3 is 2.19 bits per heavy atom. The molecule has 0 saturated carbocycles. The van der Waals surface area contributed by atoms with Gasteiger partial charge in [0, 0.05) is 33.8 Å². The first-order valence-corrected chi connectivity index (χ1v) is 13.2. The minimum absolute atomic E-state index is 0.186. The number of hydrogen-bond donors (Lipinski definition) is 2. The fraction of sp³-hybridized carbons (Fsp3) is 0.0645. The third kappa shape index (κ3) is 7.89. The molecular weight excluding hydrogens is 606 g/mol. The molecule has 0 radical (unpaired) electrons. The number of carbonyl (C=O) groups is 4. The number of nitrogens with one attached hydrogen (secondary N) is 2. The van der Waals surface area contributed by atoms with Crippen molar-refractivity contribution >= 4 is 51.6 Å². The van der Waals surface area contributed by atoms with E-state index in [9.17, 15) is 19.2 Å². The van der Waals surface area contributed by atoms with E-state index in [0.717, 1.165) is 4.47 Å². The fourth-order valence-electron chi connectivity index (χ4n) is 3.64. The van der Waals surface area contributed by atoms with Gasteiger partial charge in [-0.05, 0) is 72.8 Å². The van der Waals surface area contributed by atoms with Crippen molar-refractivity contribution in [1.29, 1.82) is 0 Å². The molecule has 0 fully saturated rings. The second-order valence-electron chi connectivity index (χ2n) is 8.63. The van der Waals surface area contributed by atoms with Crippen molar-refractivity contribution in [3.05, 3.63) is 118 Å². The van der Waals surface area contributed by atoms with Gasteiger partial charge in [0.15, 0.2) is 11.5 Å². The van der Waals surface area contributed by atoms with Gasteiger partial charge in [0.25, 0.3) is 11.8 Å². The van der Waals surface area contributed by atoms with Crippen LogP contribution in [0.4, 0.5) is 5.69 Å². The summed E-state index contributed by atoms with van der Waals surface area (Å²) in [5, 5.41) is 6.71. The lowest BCUT2D eigenvalue weighted by molar-refractivity contribution is -0.132. The van der Waals surface area contributed by atoms with Crippen LogP contribution in [0.3, 0.4) is 0 Å². The van der Waals surface area contributed by atoms with E-state index < -0.39 is 23.8 Å². The van der Waals surface area contributed by atoms with Gasteiger partial charge in [0.1, 0.15) is 5.75 Å². The highest BCUT2D eigenvalue weighted by molar-refractivity contribution is 9.10. The molecule has 4 aromatic carbocycles. The molecule has 0 atom stereocenters. The Hall–Kier alpha value is -5.29. The number of esters is 2. The predicted octanol–water partition coefficient (Wildman–Crippen LogP) is 5.62. The molecule has 2 amide bonds. The molecule has 10 nitrogen and oxygen atoms in total. The third-order valence-electron chi connectivity index (χ3n) is 5.63. The standard InChI is InChI=1S/C31H24BrN3O7/c1-19(36)41-27-15-12-22(17-28(27)40-2)29(37)34-25-8-5-7-21(16-25)30(38)35-33-18-23-6-3-4-9-26(23)42-31(39)20-10-13-24(32)14-11-20/h3-18H,1-2H3,(H,34,37)(H,35,38). The number of hydrazone groups is 1. The number of nitrogens with zero attached hydrogens (tertiary/aromatic N) is 1. The van der Waals surface area contributed by atoms with Crippen LogP contribution in [0.25, 0.3) is 0 Å². The molecule has 0 heterocycles. The van der Waals surface area contributed by atoms with Crippen molar-refractivity contribution < 1.29 is 33.4 Å². The van der Waals surface area contributed by atoms with E-state index >= 15 is 0 Å². The average molecular weight is 630 g/mol. The number of anilines is 1. The van der Waals surface area contributed by atoms with E-state index in [1.807, 2.05) is 0 Å². The van der Waals surface area contributed by atoms with E-state index in [0.29, 0.717) is 16.8 Å². The van der Waals surface area contributed by atoms with Crippen LogP contribution >= 0.6 is 15.9 Å². The summed E-state index contributed by atoms with van der Waals surface area (Å²) in [5.74, 6) is -1.38. The molecule has 0 unspecified atom stereocenters. The molecule has 11 heteroatoms. The highest BCUT2D eigenvalue weighted by Gasteiger charge is 2.14. The first kappa shape index (κ1) is 29.7. The molecule has 0 aliphatic carbocycles. The number of hydrogen-bond acceptors (Lipinski definition) is 8. The van der Waals surface area contributed by atoms with Gasteiger partial charge in [-0.1, -0.05) is 34.1 Å². The summed E-state index contributed by atoms with van der Waals surface area (Å²) in [6.07, 6.45) is 1.36. The Morgan fingerprint density at radius 2 is 1.45 bits per heavy atom. The molecule has 4 rings (SSSR count). The normalized spacial score (nSPS) is 10.5. The zero-order chi connectivity index (χ0) is 30.1. The molecule has 0 saturated heterocycles. The molecule has 42 heavy (non-hydrogen) atoms. The van der Waals surface area contributed by atoms with Gasteiger partial charge >= 0.3 is 11.9 Å². The Morgan fingerprint density at radius 1 is 0.738 bits per heavy atom. The van der Waals surface area contributed by atoms with Crippen LogP contribution in [0.15, 0.2) is 101 Å². The lowest BCUT2D eigenvalue weighted by Gasteiger charge is -2.11. The maximum atomic E-state index is 12.8. The summed E-state index contributed by atoms with van der Waals surface area (Å²) >= 11 is 3.33. The summed E-state index contributed by atoms with van der Waals surface area (Å²) in [6.45, 7) is 1.26. The molecule has 0 bridgehead atoms. The number of halogens is 1. The fourth-order valence-corrected chi connectivity index (χ4v) is 3.90. The molecule has 0 spiro atoms.